The van der Waals surface area contributed by atoms with Crippen LogP contribution in [0.3, 0.4) is 0 Å². The van der Waals surface area contributed by atoms with Crippen molar-refractivity contribution in [3.05, 3.63) is 71.8 Å². The maximum atomic E-state index is 13.0. The number of rotatable bonds is 3. The van der Waals surface area contributed by atoms with E-state index in [1.807, 2.05) is 60.4 Å². The molecule has 23 heavy (non-hydrogen) atoms. The van der Waals surface area contributed by atoms with Crippen LogP contribution in [-0.2, 0) is 21.7 Å². The molecule has 3 nitrogen and oxygen atoms in total. The summed E-state index contributed by atoms with van der Waals surface area (Å²) in [6, 6.07) is 20.6. The first-order valence-corrected chi connectivity index (χ1v) is 8.25. The maximum absolute atomic E-state index is 13.0. The van der Waals surface area contributed by atoms with Crippen molar-refractivity contribution in [2.45, 2.75) is 31.5 Å². The van der Waals surface area contributed by atoms with Crippen molar-refractivity contribution in [1.82, 2.24) is 4.90 Å². The fourth-order valence-electron chi connectivity index (χ4n) is 3.98. The summed E-state index contributed by atoms with van der Waals surface area (Å²) in [6.45, 7) is 2.65. The number of fused-ring (bicyclic) bond motifs is 1. The van der Waals surface area contributed by atoms with E-state index in [4.69, 9.17) is 4.74 Å². The van der Waals surface area contributed by atoms with Crippen LogP contribution >= 0.6 is 0 Å². The highest BCUT2D eigenvalue weighted by Gasteiger charge is 2.54. The third-order valence-corrected chi connectivity index (χ3v) is 5.16. The number of nitrogens with zero attached hydrogens (tertiary/aromatic N) is 1. The summed E-state index contributed by atoms with van der Waals surface area (Å²) in [6.07, 6.45) is 1.70. The third kappa shape index (κ3) is 2.36. The van der Waals surface area contributed by atoms with E-state index in [1.54, 1.807) is 0 Å². The molecule has 0 aliphatic carbocycles. The Labute approximate surface area is 136 Å². The quantitative estimate of drug-likeness (QED) is 0.870. The molecule has 1 amide bonds. The van der Waals surface area contributed by atoms with Crippen molar-refractivity contribution in [3.63, 3.8) is 0 Å². The minimum Gasteiger partial charge on any atom is -0.349 e. The number of benzene rings is 2. The van der Waals surface area contributed by atoms with Crippen LogP contribution in [0.2, 0.25) is 0 Å². The van der Waals surface area contributed by atoms with Gasteiger partial charge in [0.1, 0.15) is 0 Å². The monoisotopic (exact) mass is 307 g/mol. The molecule has 0 aromatic heterocycles. The molecule has 0 saturated carbocycles. The van der Waals surface area contributed by atoms with Crippen LogP contribution in [-0.4, -0.2) is 23.5 Å². The lowest BCUT2D eigenvalue weighted by molar-refractivity contribution is -0.149. The van der Waals surface area contributed by atoms with Gasteiger partial charge in [-0.15, -0.1) is 0 Å². The Morgan fingerprint density at radius 1 is 1.09 bits per heavy atom. The van der Waals surface area contributed by atoms with Gasteiger partial charge in [0, 0.05) is 11.5 Å². The SMILES string of the molecule is C[C@]1(c2ccccc2)OC[C@@H]2C[C@@H](Cc3ccccc3)C(=O)N21. The lowest BCUT2D eigenvalue weighted by Crippen LogP contribution is -2.44. The molecule has 0 spiro atoms. The fourth-order valence-corrected chi connectivity index (χ4v) is 3.98. The zero-order valence-electron chi connectivity index (χ0n) is 13.3. The molecule has 2 fully saturated rings. The average molecular weight is 307 g/mol. The van der Waals surface area contributed by atoms with Crippen molar-refractivity contribution in [1.29, 1.82) is 0 Å². The predicted octanol–water partition coefficient (Wildman–Crippen LogP) is 3.35. The van der Waals surface area contributed by atoms with E-state index in [0.717, 1.165) is 18.4 Å². The topological polar surface area (TPSA) is 29.5 Å². The Hall–Kier alpha value is -2.13. The first-order chi connectivity index (χ1) is 11.2. The van der Waals surface area contributed by atoms with Gasteiger partial charge in [0.25, 0.3) is 0 Å². The highest BCUT2D eigenvalue weighted by molar-refractivity contribution is 5.83. The Bertz CT molecular complexity index is 700. The van der Waals surface area contributed by atoms with E-state index in [-0.39, 0.29) is 17.9 Å². The molecule has 3 atom stereocenters. The molecule has 4 rings (SSSR count). The largest absolute Gasteiger partial charge is 0.349 e. The second-order valence-electron chi connectivity index (χ2n) is 6.64. The molecular formula is C20H21NO2. The highest BCUT2D eigenvalue weighted by Crippen LogP contribution is 2.44. The summed E-state index contributed by atoms with van der Waals surface area (Å²) < 4.78 is 6.07. The molecule has 2 aliphatic rings. The van der Waals surface area contributed by atoms with E-state index in [2.05, 4.69) is 12.1 Å². The number of hydrogen-bond donors (Lipinski definition) is 0. The first-order valence-electron chi connectivity index (χ1n) is 8.25. The third-order valence-electron chi connectivity index (χ3n) is 5.16. The van der Waals surface area contributed by atoms with Gasteiger partial charge < -0.3 is 9.64 Å². The van der Waals surface area contributed by atoms with Gasteiger partial charge in [-0.05, 0) is 25.3 Å². The maximum Gasteiger partial charge on any atom is 0.228 e. The van der Waals surface area contributed by atoms with Gasteiger partial charge in [-0.1, -0.05) is 60.7 Å². The summed E-state index contributed by atoms with van der Waals surface area (Å²) >= 11 is 0. The minimum absolute atomic E-state index is 0.0642. The zero-order chi connectivity index (χ0) is 15.9. The second kappa shape index (κ2) is 5.50. The van der Waals surface area contributed by atoms with E-state index in [0.29, 0.717) is 6.61 Å². The van der Waals surface area contributed by atoms with Crippen LogP contribution in [0.15, 0.2) is 60.7 Å². The summed E-state index contributed by atoms with van der Waals surface area (Å²) in [7, 11) is 0. The Morgan fingerprint density at radius 3 is 2.43 bits per heavy atom. The standard InChI is InChI=1S/C20H21NO2/c1-20(17-10-6-3-7-11-17)21-18(14-23-20)13-16(19(21)22)12-15-8-4-2-5-9-15/h2-11,16,18H,12-14H2,1H3/t16-,18+,20-/m1/s1. The number of carbonyl (C=O) groups excluding carboxylic acids is 1. The molecule has 2 heterocycles. The fraction of sp³-hybridized carbons (Fsp3) is 0.350. The second-order valence-corrected chi connectivity index (χ2v) is 6.64. The average Bonchev–Trinajstić information content (AvgIpc) is 3.09. The highest BCUT2D eigenvalue weighted by atomic mass is 16.5. The van der Waals surface area contributed by atoms with Gasteiger partial charge in [-0.2, -0.15) is 0 Å². The molecule has 0 radical (unpaired) electrons. The lowest BCUT2D eigenvalue weighted by Gasteiger charge is -2.34. The van der Waals surface area contributed by atoms with Crippen molar-refractivity contribution >= 4 is 5.91 Å². The van der Waals surface area contributed by atoms with Gasteiger partial charge in [-0.3, -0.25) is 4.79 Å². The van der Waals surface area contributed by atoms with Crippen LogP contribution in [0.1, 0.15) is 24.5 Å². The van der Waals surface area contributed by atoms with Gasteiger partial charge in [0.2, 0.25) is 5.91 Å². The molecule has 2 aromatic rings. The first kappa shape index (κ1) is 14.5. The van der Waals surface area contributed by atoms with Gasteiger partial charge in [0.15, 0.2) is 5.72 Å². The van der Waals surface area contributed by atoms with E-state index < -0.39 is 5.72 Å². The van der Waals surface area contributed by atoms with Crippen molar-refractivity contribution in [2.75, 3.05) is 6.61 Å². The molecular weight excluding hydrogens is 286 g/mol. The molecule has 0 N–H and O–H groups in total. The summed E-state index contributed by atoms with van der Waals surface area (Å²) in [5.74, 6) is 0.289. The predicted molar refractivity (Wildman–Crippen MR) is 88.6 cm³/mol. The summed E-state index contributed by atoms with van der Waals surface area (Å²) in [4.78, 5) is 15.0. The van der Waals surface area contributed by atoms with Crippen molar-refractivity contribution < 1.29 is 9.53 Å². The van der Waals surface area contributed by atoms with Gasteiger partial charge >= 0.3 is 0 Å². The number of hydrogen-bond acceptors (Lipinski definition) is 2. The van der Waals surface area contributed by atoms with Crippen LogP contribution < -0.4 is 0 Å². The Balaban J connectivity index is 1.59. The minimum atomic E-state index is -0.631. The molecule has 2 aliphatic heterocycles. The van der Waals surface area contributed by atoms with E-state index in [1.165, 1.54) is 5.56 Å². The van der Waals surface area contributed by atoms with E-state index >= 15 is 0 Å². The lowest BCUT2D eigenvalue weighted by atomic mass is 9.96. The van der Waals surface area contributed by atoms with Crippen LogP contribution in [0.25, 0.3) is 0 Å². The number of carbonyl (C=O) groups is 1. The molecule has 118 valence electrons. The molecule has 2 saturated heterocycles. The van der Waals surface area contributed by atoms with Crippen LogP contribution in [0.5, 0.6) is 0 Å². The number of amides is 1. The Kier molecular flexibility index (Phi) is 3.46. The summed E-state index contributed by atoms with van der Waals surface area (Å²) in [5, 5.41) is 0. The smallest absolute Gasteiger partial charge is 0.228 e. The molecule has 0 unspecified atom stereocenters. The van der Waals surface area contributed by atoms with Gasteiger partial charge in [-0.25, -0.2) is 0 Å². The van der Waals surface area contributed by atoms with Crippen LogP contribution in [0.4, 0.5) is 0 Å². The van der Waals surface area contributed by atoms with Crippen molar-refractivity contribution in [2.24, 2.45) is 5.92 Å². The number of ether oxygens (including phenoxy) is 1. The van der Waals surface area contributed by atoms with Crippen molar-refractivity contribution in [3.8, 4) is 0 Å². The zero-order valence-corrected chi connectivity index (χ0v) is 13.3. The molecule has 2 aromatic carbocycles. The normalized spacial score (nSPS) is 29.8. The van der Waals surface area contributed by atoms with E-state index in [9.17, 15) is 4.79 Å². The molecule has 3 heteroatoms. The summed E-state index contributed by atoms with van der Waals surface area (Å²) in [5.41, 5.74) is 1.65. The Morgan fingerprint density at radius 2 is 1.74 bits per heavy atom. The van der Waals surface area contributed by atoms with Crippen LogP contribution in [0, 0.1) is 5.92 Å². The van der Waals surface area contributed by atoms with Gasteiger partial charge in [0.05, 0.1) is 12.6 Å². The molecule has 0 bridgehead atoms.